The van der Waals surface area contributed by atoms with Crippen molar-refractivity contribution >= 4 is 5.91 Å². The molecule has 5 nitrogen and oxygen atoms in total. The SMILES string of the molecule is COCCOCCCCNC(=O)C1CNCC(C)C1. The maximum Gasteiger partial charge on any atom is 0.224 e. The van der Waals surface area contributed by atoms with Crippen LogP contribution in [0.1, 0.15) is 26.2 Å². The summed E-state index contributed by atoms with van der Waals surface area (Å²) in [5.41, 5.74) is 0. The van der Waals surface area contributed by atoms with Crippen LogP contribution in [0.25, 0.3) is 0 Å². The third-order valence-electron chi connectivity index (χ3n) is 3.39. The van der Waals surface area contributed by atoms with Crippen LogP contribution in [0.15, 0.2) is 0 Å². The summed E-state index contributed by atoms with van der Waals surface area (Å²) in [7, 11) is 1.67. The molecule has 2 atom stereocenters. The van der Waals surface area contributed by atoms with E-state index in [1.807, 2.05) is 0 Å². The highest BCUT2D eigenvalue weighted by Crippen LogP contribution is 2.15. The lowest BCUT2D eigenvalue weighted by atomic mass is 9.91. The van der Waals surface area contributed by atoms with E-state index in [1.54, 1.807) is 7.11 Å². The summed E-state index contributed by atoms with van der Waals surface area (Å²) in [4.78, 5) is 11.9. The second-order valence-electron chi connectivity index (χ2n) is 5.30. The van der Waals surface area contributed by atoms with Crippen molar-refractivity contribution in [2.45, 2.75) is 26.2 Å². The Hall–Kier alpha value is -0.650. The minimum absolute atomic E-state index is 0.140. The van der Waals surface area contributed by atoms with E-state index in [0.29, 0.717) is 19.1 Å². The Labute approximate surface area is 116 Å². The molecule has 0 aromatic heterocycles. The van der Waals surface area contributed by atoms with Gasteiger partial charge in [0.25, 0.3) is 0 Å². The van der Waals surface area contributed by atoms with Gasteiger partial charge in [0.2, 0.25) is 5.91 Å². The van der Waals surface area contributed by atoms with Crippen LogP contribution in [0.3, 0.4) is 0 Å². The van der Waals surface area contributed by atoms with Crippen LogP contribution in [0.5, 0.6) is 0 Å². The Kier molecular flexibility index (Phi) is 8.79. The minimum Gasteiger partial charge on any atom is -0.382 e. The largest absolute Gasteiger partial charge is 0.382 e. The van der Waals surface area contributed by atoms with Gasteiger partial charge in [0, 0.05) is 26.8 Å². The van der Waals surface area contributed by atoms with Crippen molar-refractivity contribution in [2.75, 3.05) is 46.6 Å². The number of carbonyl (C=O) groups excluding carboxylic acids is 1. The first-order chi connectivity index (χ1) is 9.24. The topological polar surface area (TPSA) is 59.6 Å². The third-order valence-corrected chi connectivity index (χ3v) is 3.39. The molecule has 0 aliphatic carbocycles. The van der Waals surface area contributed by atoms with E-state index in [4.69, 9.17) is 9.47 Å². The Balaban J connectivity index is 1.95. The molecule has 1 aliphatic heterocycles. The number of amides is 1. The molecular formula is C14H28N2O3. The second kappa shape index (κ2) is 10.2. The summed E-state index contributed by atoms with van der Waals surface area (Å²) in [6.45, 7) is 6.80. The quantitative estimate of drug-likeness (QED) is 0.609. The number of hydrogen-bond acceptors (Lipinski definition) is 4. The molecule has 0 saturated carbocycles. The van der Waals surface area contributed by atoms with Gasteiger partial charge >= 0.3 is 0 Å². The summed E-state index contributed by atoms with van der Waals surface area (Å²) in [5, 5.41) is 6.32. The molecule has 1 aliphatic rings. The molecule has 0 aromatic rings. The van der Waals surface area contributed by atoms with Crippen molar-refractivity contribution in [2.24, 2.45) is 11.8 Å². The second-order valence-corrected chi connectivity index (χ2v) is 5.30. The highest BCUT2D eigenvalue weighted by atomic mass is 16.5. The lowest BCUT2D eigenvalue weighted by Crippen LogP contribution is -2.43. The van der Waals surface area contributed by atoms with Crippen LogP contribution >= 0.6 is 0 Å². The summed E-state index contributed by atoms with van der Waals surface area (Å²) in [6, 6.07) is 0. The minimum atomic E-state index is 0.140. The molecule has 0 radical (unpaired) electrons. The zero-order chi connectivity index (χ0) is 13.9. The monoisotopic (exact) mass is 272 g/mol. The number of ether oxygens (including phenoxy) is 2. The average molecular weight is 272 g/mol. The van der Waals surface area contributed by atoms with Gasteiger partial charge < -0.3 is 20.1 Å². The van der Waals surface area contributed by atoms with Crippen LogP contribution in [0.4, 0.5) is 0 Å². The van der Waals surface area contributed by atoms with E-state index < -0.39 is 0 Å². The van der Waals surface area contributed by atoms with Gasteiger partial charge in [0.05, 0.1) is 19.1 Å². The number of methoxy groups -OCH3 is 1. The van der Waals surface area contributed by atoms with Crippen LogP contribution in [0.2, 0.25) is 0 Å². The van der Waals surface area contributed by atoms with Crippen molar-refractivity contribution in [3.05, 3.63) is 0 Å². The summed E-state index contributed by atoms with van der Waals surface area (Å²) < 4.78 is 10.3. The number of unbranched alkanes of at least 4 members (excludes halogenated alkanes) is 1. The summed E-state index contributed by atoms with van der Waals surface area (Å²) >= 11 is 0. The van der Waals surface area contributed by atoms with E-state index >= 15 is 0 Å². The molecule has 1 fully saturated rings. The highest BCUT2D eigenvalue weighted by molar-refractivity contribution is 5.78. The van der Waals surface area contributed by atoms with Crippen molar-refractivity contribution in [1.29, 1.82) is 0 Å². The smallest absolute Gasteiger partial charge is 0.224 e. The van der Waals surface area contributed by atoms with E-state index in [0.717, 1.165) is 45.5 Å². The Morgan fingerprint density at radius 1 is 1.26 bits per heavy atom. The molecule has 0 spiro atoms. The third kappa shape index (κ3) is 7.50. The van der Waals surface area contributed by atoms with E-state index in [1.165, 1.54) is 0 Å². The Morgan fingerprint density at radius 3 is 2.84 bits per heavy atom. The molecule has 2 unspecified atom stereocenters. The predicted molar refractivity (Wildman–Crippen MR) is 75.1 cm³/mol. The fourth-order valence-corrected chi connectivity index (χ4v) is 2.29. The Morgan fingerprint density at radius 2 is 2.11 bits per heavy atom. The average Bonchev–Trinajstić information content (AvgIpc) is 2.41. The normalized spacial score (nSPS) is 23.3. The molecule has 1 saturated heterocycles. The maximum atomic E-state index is 11.9. The van der Waals surface area contributed by atoms with Gasteiger partial charge in [-0.3, -0.25) is 4.79 Å². The molecule has 1 amide bonds. The lowest BCUT2D eigenvalue weighted by Gasteiger charge is -2.26. The van der Waals surface area contributed by atoms with E-state index in [9.17, 15) is 4.79 Å². The van der Waals surface area contributed by atoms with Crippen LogP contribution in [-0.4, -0.2) is 52.5 Å². The van der Waals surface area contributed by atoms with Crippen molar-refractivity contribution in [3.63, 3.8) is 0 Å². The Bertz CT molecular complexity index is 249. The highest BCUT2D eigenvalue weighted by Gasteiger charge is 2.24. The summed E-state index contributed by atoms with van der Waals surface area (Å²) in [6.07, 6.45) is 2.94. The van der Waals surface area contributed by atoms with Crippen molar-refractivity contribution in [1.82, 2.24) is 10.6 Å². The zero-order valence-electron chi connectivity index (χ0n) is 12.2. The fraction of sp³-hybridized carbons (Fsp3) is 0.929. The number of nitrogens with one attached hydrogen (secondary N) is 2. The van der Waals surface area contributed by atoms with E-state index in [-0.39, 0.29) is 11.8 Å². The van der Waals surface area contributed by atoms with Gasteiger partial charge in [-0.1, -0.05) is 6.92 Å². The zero-order valence-corrected chi connectivity index (χ0v) is 12.2. The maximum absolute atomic E-state index is 11.9. The molecule has 0 aromatic carbocycles. The molecule has 112 valence electrons. The van der Waals surface area contributed by atoms with Crippen LogP contribution in [-0.2, 0) is 14.3 Å². The van der Waals surface area contributed by atoms with Gasteiger partial charge in [-0.05, 0) is 31.7 Å². The summed E-state index contributed by atoms with van der Waals surface area (Å²) in [5.74, 6) is 0.930. The molecule has 0 bridgehead atoms. The van der Waals surface area contributed by atoms with Gasteiger partial charge in [0.15, 0.2) is 0 Å². The van der Waals surface area contributed by atoms with E-state index in [2.05, 4.69) is 17.6 Å². The standard InChI is InChI=1S/C14H28N2O3/c1-12-9-13(11-15-10-12)14(17)16-5-3-4-6-19-8-7-18-2/h12-13,15H,3-11H2,1-2H3,(H,16,17). The van der Waals surface area contributed by atoms with Gasteiger partial charge in [0.1, 0.15) is 0 Å². The molecule has 1 rings (SSSR count). The molecule has 1 heterocycles. The van der Waals surface area contributed by atoms with Crippen LogP contribution in [0, 0.1) is 11.8 Å². The number of rotatable bonds is 9. The molecule has 19 heavy (non-hydrogen) atoms. The van der Waals surface area contributed by atoms with Crippen molar-refractivity contribution in [3.8, 4) is 0 Å². The number of hydrogen-bond donors (Lipinski definition) is 2. The number of carbonyl (C=O) groups is 1. The first-order valence-corrected chi connectivity index (χ1v) is 7.29. The van der Waals surface area contributed by atoms with Gasteiger partial charge in [-0.2, -0.15) is 0 Å². The molecule has 5 heteroatoms. The first-order valence-electron chi connectivity index (χ1n) is 7.29. The van der Waals surface area contributed by atoms with Gasteiger partial charge in [-0.25, -0.2) is 0 Å². The first kappa shape index (κ1) is 16.4. The fourth-order valence-electron chi connectivity index (χ4n) is 2.29. The number of piperidine rings is 1. The molecular weight excluding hydrogens is 244 g/mol. The predicted octanol–water partition coefficient (Wildman–Crippen LogP) is 0.791. The van der Waals surface area contributed by atoms with Crippen molar-refractivity contribution < 1.29 is 14.3 Å². The van der Waals surface area contributed by atoms with Gasteiger partial charge in [-0.15, -0.1) is 0 Å². The van der Waals surface area contributed by atoms with Crippen LogP contribution < -0.4 is 10.6 Å². The molecule has 2 N–H and O–H groups in total. The lowest BCUT2D eigenvalue weighted by molar-refractivity contribution is -0.125.